The lowest BCUT2D eigenvalue weighted by Gasteiger charge is -2.25. The fourth-order valence-corrected chi connectivity index (χ4v) is 2.46. The first-order valence-corrected chi connectivity index (χ1v) is 5.98. The van der Waals surface area contributed by atoms with Crippen LogP contribution in [0.4, 0.5) is 0 Å². The van der Waals surface area contributed by atoms with Gasteiger partial charge in [0.15, 0.2) is 5.11 Å². The highest BCUT2D eigenvalue weighted by Crippen LogP contribution is 2.32. The minimum Gasteiger partial charge on any atom is -0.300 e. The Morgan fingerprint density at radius 2 is 1.87 bits per heavy atom. The third-order valence-corrected chi connectivity index (χ3v) is 3.51. The van der Waals surface area contributed by atoms with E-state index < -0.39 is 0 Å². The van der Waals surface area contributed by atoms with Crippen molar-refractivity contribution in [3.63, 3.8) is 0 Å². The maximum absolute atomic E-state index is 12.2. The quantitative estimate of drug-likeness (QED) is 0.418. The number of carbonyl (C=O) groups is 1. The molecule has 3 N–H and O–H groups in total. The largest absolute Gasteiger partial charge is 0.300 e. The van der Waals surface area contributed by atoms with Crippen LogP contribution in [-0.2, 0) is 4.79 Å². The van der Waals surface area contributed by atoms with Gasteiger partial charge in [-0.05, 0) is 37.9 Å². The SMILES string of the molecule is NNC(=S)N(C(=O)C1CCCC1)C1CC1. The van der Waals surface area contributed by atoms with Crippen LogP contribution in [-0.4, -0.2) is 22.0 Å². The van der Waals surface area contributed by atoms with E-state index in [9.17, 15) is 4.79 Å². The third kappa shape index (κ3) is 2.29. The molecule has 0 heterocycles. The number of hydrogen-bond donors (Lipinski definition) is 2. The molecule has 0 aromatic rings. The lowest BCUT2D eigenvalue weighted by Crippen LogP contribution is -2.49. The molecule has 2 aliphatic rings. The molecule has 84 valence electrons. The molecule has 4 nitrogen and oxygen atoms in total. The number of rotatable bonds is 2. The molecule has 0 radical (unpaired) electrons. The average molecular weight is 227 g/mol. The van der Waals surface area contributed by atoms with Gasteiger partial charge in [-0.25, -0.2) is 5.84 Å². The molecule has 2 saturated carbocycles. The minimum absolute atomic E-state index is 0.178. The van der Waals surface area contributed by atoms with Crippen LogP contribution in [0.3, 0.4) is 0 Å². The standard InChI is InChI=1S/C10H17N3OS/c11-12-10(15)13(8-5-6-8)9(14)7-3-1-2-4-7/h7-8H,1-6,11H2,(H,12,15). The van der Waals surface area contributed by atoms with Crippen molar-refractivity contribution in [1.29, 1.82) is 0 Å². The van der Waals surface area contributed by atoms with Crippen molar-refractivity contribution < 1.29 is 4.79 Å². The van der Waals surface area contributed by atoms with E-state index in [-0.39, 0.29) is 11.8 Å². The Morgan fingerprint density at radius 3 is 2.33 bits per heavy atom. The predicted octanol–water partition coefficient (Wildman–Crippen LogP) is 0.916. The molecule has 1 amide bonds. The van der Waals surface area contributed by atoms with Gasteiger partial charge in [0.2, 0.25) is 5.91 Å². The summed E-state index contributed by atoms with van der Waals surface area (Å²) in [5.41, 5.74) is 2.43. The second-order valence-electron chi connectivity index (χ2n) is 4.37. The molecule has 0 unspecified atom stereocenters. The summed E-state index contributed by atoms with van der Waals surface area (Å²) >= 11 is 5.07. The minimum atomic E-state index is 0.178. The Kier molecular flexibility index (Phi) is 3.21. The molecule has 0 aromatic heterocycles. The van der Waals surface area contributed by atoms with Crippen LogP contribution in [0.5, 0.6) is 0 Å². The molecule has 0 aromatic carbocycles. The van der Waals surface area contributed by atoms with Crippen LogP contribution in [0.1, 0.15) is 38.5 Å². The molecule has 0 bridgehead atoms. The van der Waals surface area contributed by atoms with E-state index in [0.717, 1.165) is 38.5 Å². The van der Waals surface area contributed by atoms with Gasteiger partial charge in [0.05, 0.1) is 0 Å². The van der Waals surface area contributed by atoms with Crippen LogP contribution in [0, 0.1) is 5.92 Å². The van der Waals surface area contributed by atoms with E-state index in [1.165, 1.54) is 0 Å². The van der Waals surface area contributed by atoms with Crippen molar-refractivity contribution in [3.8, 4) is 0 Å². The van der Waals surface area contributed by atoms with Crippen molar-refractivity contribution in [1.82, 2.24) is 10.3 Å². The Labute approximate surface area is 95.2 Å². The fourth-order valence-electron chi connectivity index (χ4n) is 2.22. The number of hydrazine groups is 1. The number of amides is 1. The highest BCUT2D eigenvalue weighted by atomic mass is 32.1. The maximum Gasteiger partial charge on any atom is 0.232 e. The van der Waals surface area contributed by atoms with Crippen LogP contribution in [0.2, 0.25) is 0 Å². The lowest BCUT2D eigenvalue weighted by molar-refractivity contribution is -0.131. The van der Waals surface area contributed by atoms with E-state index in [1.807, 2.05) is 0 Å². The zero-order chi connectivity index (χ0) is 10.8. The normalized spacial score (nSPS) is 21.4. The number of hydrogen-bond acceptors (Lipinski definition) is 3. The zero-order valence-electron chi connectivity index (χ0n) is 8.74. The van der Waals surface area contributed by atoms with Gasteiger partial charge in [-0.2, -0.15) is 0 Å². The van der Waals surface area contributed by atoms with Gasteiger partial charge in [-0.1, -0.05) is 12.8 Å². The van der Waals surface area contributed by atoms with Crippen molar-refractivity contribution in [2.45, 2.75) is 44.6 Å². The molecule has 2 aliphatic carbocycles. The van der Waals surface area contributed by atoms with Gasteiger partial charge >= 0.3 is 0 Å². The van der Waals surface area contributed by atoms with Crippen molar-refractivity contribution in [3.05, 3.63) is 0 Å². The first-order valence-electron chi connectivity index (χ1n) is 5.57. The van der Waals surface area contributed by atoms with Gasteiger partial charge in [0.1, 0.15) is 0 Å². The number of carbonyl (C=O) groups excluding carboxylic acids is 1. The molecule has 0 aliphatic heterocycles. The summed E-state index contributed by atoms with van der Waals surface area (Å²) < 4.78 is 0. The molecule has 0 saturated heterocycles. The number of thiocarbonyl (C=S) groups is 1. The van der Waals surface area contributed by atoms with E-state index in [1.54, 1.807) is 4.90 Å². The van der Waals surface area contributed by atoms with E-state index in [4.69, 9.17) is 18.1 Å². The number of nitrogens with two attached hydrogens (primary N) is 1. The molecule has 0 spiro atoms. The molecule has 5 heteroatoms. The molecule has 2 fully saturated rings. The molecule has 0 atom stereocenters. The van der Waals surface area contributed by atoms with E-state index in [0.29, 0.717) is 11.2 Å². The van der Waals surface area contributed by atoms with Gasteiger partial charge in [0, 0.05) is 12.0 Å². The van der Waals surface area contributed by atoms with Gasteiger partial charge in [-0.3, -0.25) is 9.69 Å². The fraction of sp³-hybridized carbons (Fsp3) is 0.800. The van der Waals surface area contributed by atoms with Gasteiger partial charge < -0.3 is 5.43 Å². The molecule has 15 heavy (non-hydrogen) atoms. The number of nitrogens with one attached hydrogen (secondary N) is 1. The zero-order valence-corrected chi connectivity index (χ0v) is 9.55. The molecular formula is C10H17N3OS. The predicted molar refractivity (Wildman–Crippen MR) is 61.7 cm³/mol. The van der Waals surface area contributed by atoms with Crippen molar-refractivity contribution in [2.24, 2.45) is 11.8 Å². The summed E-state index contributed by atoms with van der Waals surface area (Å²) in [6.45, 7) is 0. The van der Waals surface area contributed by atoms with Crippen LogP contribution in [0.15, 0.2) is 0 Å². The Morgan fingerprint density at radius 1 is 1.27 bits per heavy atom. The topological polar surface area (TPSA) is 58.4 Å². The van der Waals surface area contributed by atoms with Crippen molar-refractivity contribution in [2.75, 3.05) is 0 Å². The summed E-state index contributed by atoms with van der Waals surface area (Å²) in [5.74, 6) is 5.65. The van der Waals surface area contributed by atoms with Gasteiger partial charge in [0.25, 0.3) is 0 Å². The van der Waals surface area contributed by atoms with Crippen molar-refractivity contribution >= 4 is 23.2 Å². The third-order valence-electron chi connectivity index (χ3n) is 3.20. The highest BCUT2D eigenvalue weighted by molar-refractivity contribution is 7.80. The summed E-state index contributed by atoms with van der Waals surface area (Å²) in [6.07, 6.45) is 6.46. The second-order valence-corrected chi connectivity index (χ2v) is 4.76. The maximum atomic E-state index is 12.2. The van der Waals surface area contributed by atoms with E-state index in [2.05, 4.69) is 5.43 Å². The summed E-state index contributed by atoms with van der Waals surface area (Å²) in [5, 5.41) is 0.384. The Bertz CT molecular complexity index is 272. The van der Waals surface area contributed by atoms with E-state index >= 15 is 0 Å². The summed E-state index contributed by atoms with van der Waals surface area (Å²) in [7, 11) is 0. The summed E-state index contributed by atoms with van der Waals surface area (Å²) in [6, 6.07) is 0.307. The van der Waals surface area contributed by atoms with Crippen LogP contribution < -0.4 is 11.3 Å². The molecular weight excluding hydrogens is 210 g/mol. The Hall–Kier alpha value is -0.680. The second kappa shape index (κ2) is 4.45. The van der Waals surface area contributed by atoms with Crippen LogP contribution in [0.25, 0.3) is 0 Å². The number of nitrogens with zero attached hydrogens (tertiary/aromatic N) is 1. The smallest absolute Gasteiger partial charge is 0.232 e. The van der Waals surface area contributed by atoms with Gasteiger partial charge in [-0.15, -0.1) is 0 Å². The Balaban J connectivity index is 2.03. The lowest BCUT2D eigenvalue weighted by atomic mass is 10.1. The highest BCUT2D eigenvalue weighted by Gasteiger charge is 2.38. The van der Waals surface area contributed by atoms with Crippen LogP contribution >= 0.6 is 12.2 Å². The average Bonchev–Trinajstić information content (AvgIpc) is 2.92. The first kappa shape index (κ1) is 10.8. The summed E-state index contributed by atoms with van der Waals surface area (Å²) in [4.78, 5) is 13.9. The first-order chi connectivity index (χ1) is 7.24. The molecule has 2 rings (SSSR count). The monoisotopic (exact) mass is 227 g/mol.